The molecule has 0 bridgehead atoms. The first kappa shape index (κ1) is 10.3. The average molecular weight is 241 g/mol. The number of aromatic nitrogens is 1. The first-order chi connectivity index (χ1) is 8.38. The van der Waals surface area contributed by atoms with Gasteiger partial charge in [-0.2, -0.15) is 0 Å². The van der Waals surface area contributed by atoms with Crippen molar-refractivity contribution >= 4 is 21.6 Å². The molecule has 0 atom stereocenters. The fourth-order valence-electron chi connectivity index (χ4n) is 1.86. The summed E-state index contributed by atoms with van der Waals surface area (Å²) < 4.78 is 5.16. The molecule has 84 valence electrons. The summed E-state index contributed by atoms with van der Waals surface area (Å²) in [4.78, 5) is 5.44. The van der Waals surface area contributed by atoms with Crippen LogP contribution in [0.25, 0.3) is 21.3 Å². The van der Waals surface area contributed by atoms with Crippen LogP contribution < -0.4 is 4.74 Å². The lowest BCUT2D eigenvalue weighted by atomic mass is 10.1. The van der Waals surface area contributed by atoms with Crippen molar-refractivity contribution in [2.24, 2.45) is 0 Å². The fourth-order valence-corrected chi connectivity index (χ4v) is 2.78. The van der Waals surface area contributed by atoms with Crippen molar-refractivity contribution in [1.29, 1.82) is 0 Å². The lowest BCUT2D eigenvalue weighted by Gasteiger charge is -2.02. The highest BCUT2D eigenvalue weighted by molar-refractivity contribution is 7.17. The van der Waals surface area contributed by atoms with Crippen LogP contribution in [0.1, 0.15) is 0 Å². The number of thiophene rings is 1. The summed E-state index contributed by atoms with van der Waals surface area (Å²) in [6, 6.07) is 12.2. The van der Waals surface area contributed by atoms with Gasteiger partial charge in [0.15, 0.2) is 0 Å². The molecule has 0 fully saturated rings. The van der Waals surface area contributed by atoms with E-state index in [9.17, 15) is 0 Å². The number of fused-ring (bicyclic) bond motifs is 1. The Morgan fingerprint density at radius 3 is 2.71 bits per heavy atom. The third kappa shape index (κ3) is 1.78. The minimum absolute atomic E-state index is 0.881. The number of ether oxygens (including phenoxy) is 1. The molecule has 0 aliphatic rings. The van der Waals surface area contributed by atoms with Gasteiger partial charge in [0, 0.05) is 22.5 Å². The molecule has 0 saturated heterocycles. The summed E-state index contributed by atoms with van der Waals surface area (Å²) in [6.45, 7) is 0. The molecule has 17 heavy (non-hydrogen) atoms. The van der Waals surface area contributed by atoms with Gasteiger partial charge in [0.1, 0.15) is 10.6 Å². The van der Waals surface area contributed by atoms with Crippen molar-refractivity contribution in [2.75, 3.05) is 7.11 Å². The molecule has 0 radical (unpaired) electrons. The van der Waals surface area contributed by atoms with E-state index >= 15 is 0 Å². The molecular formula is C14H11NOS. The van der Waals surface area contributed by atoms with E-state index in [2.05, 4.69) is 28.6 Å². The Balaban J connectivity index is 2.13. The SMILES string of the molecule is COc1ccc(-c2csc3ncccc23)cc1. The Morgan fingerprint density at radius 2 is 1.94 bits per heavy atom. The molecule has 3 heteroatoms. The summed E-state index contributed by atoms with van der Waals surface area (Å²) >= 11 is 1.68. The van der Waals surface area contributed by atoms with Crippen LogP contribution >= 0.6 is 11.3 Å². The third-order valence-electron chi connectivity index (χ3n) is 2.75. The minimum Gasteiger partial charge on any atom is -0.497 e. The van der Waals surface area contributed by atoms with Crippen LogP contribution in [0.2, 0.25) is 0 Å². The van der Waals surface area contributed by atoms with Crippen LogP contribution in [0.15, 0.2) is 48.0 Å². The number of methoxy groups -OCH3 is 1. The summed E-state index contributed by atoms with van der Waals surface area (Å²) in [7, 11) is 1.68. The largest absolute Gasteiger partial charge is 0.497 e. The second kappa shape index (κ2) is 4.18. The summed E-state index contributed by atoms with van der Waals surface area (Å²) in [5.74, 6) is 0.881. The maximum absolute atomic E-state index is 5.16. The lowest BCUT2D eigenvalue weighted by molar-refractivity contribution is 0.415. The van der Waals surface area contributed by atoms with Crippen LogP contribution in [-0.4, -0.2) is 12.1 Å². The molecular weight excluding hydrogens is 230 g/mol. The molecule has 0 spiro atoms. The highest BCUT2D eigenvalue weighted by Gasteiger charge is 2.06. The van der Waals surface area contributed by atoms with Crippen LogP contribution in [0.5, 0.6) is 5.75 Å². The van der Waals surface area contributed by atoms with Crippen LogP contribution in [-0.2, 0) is 0 Å². The Hall–Kier alpha value is -1.87. The van der Waals surface area contributed by atoms with Gasteiger partial charge in [-0.25, -0.2) is 4.98 Å². The smallest absolute Gasteiger partial charge is 0.123 e. The van der Waals surface area contributed by atoms with Crippen molar-refractivity contribution in [2.45, 2.75) is 0 Å². The first-order valence-electron chi connectivity index (χ1n) is 5.35. The number of nitrogens with zero attached hydrogens (tertiary/aromatic N) is 1. The predicted molar refractivity (Wildman–Crippen MR) is 71.6 cm³/mol. The average Bonchev–Trinajstić information content (AvgIpc) is 2.83. The second-order valence-electron chi connectivity index (χ2n) is 3.73. The van der Waals surface area contributed by atoms with Crippen LogP contribution in [0.3, 0.4) is 0 Å². The number of pyridine rings is 1. The number of benzene rings is 1. The number of rotatable bonds is 2. The Bertz CT molecular complexity index is 643. The fraction of sp³-hybridized carbons (Fsp3) is 0.0714. The molecule has 2 heterocycles. The highest BCUT2D eigenvalue weighted by atomic mass is 32.1. The molecule has 0 aliphatic heterocycles. The standard InChI is InChI=1S/C14H11NOS/c1-16-11-6-4-10(5-7-11)13-9-17-14-12(13)3-2-8-15-14/h2-9H,1H3. The number of hydrogen-bond acceptors (Lipinski definition) is 3. The van der Waals surface area contributed by atoms with E-state index in [-0.39, 0.29) is 0 Å². The quantitative estimate of drug-likeness (QED) is 0.677. The molecule has 3 aromatic rings. The van der Waals surface area contributed by atoms with Gasteiger partial charge < -0.3 is 4.74 Å². The summed E-state index contributed by atoms with van der Waals surface area (Å²) in [5.41, 5.74) is 2.44. The molecule has 2 nitrogen and oxygen atoms in total. The van der Waals surface area contributed by atoms with Gasteiger partial charge >= 0.3 is 0 Å². The monoisotopic (exact) mass is 241 g/mol. The van der Waals surface area contributed by atoms with Gasteiger partial charge in [0.2, 0.25) is 0 Å². The molecule has 0 aliphatic carbocycles. The maximum atomic E-state index is 5.16. The molecule has 0 amide bonds. The van der Waals surface area contributed by atoms with E-state index in [4.69, 9.17) is 4.74 Å². The van der Waals surface area contributed by atoms with Gasteiger partial charge in [-0.05, 0) is 29.8 Å². The topological polar surface area (TPSA) is 22.1 Å². The predicted octanol–water partition coefficient (Wildman–Crippen LogP) is 3.97. The van der Waals surface area contributed by atoms with E-state index in [1.54, 1.807) is 18.4 Å². The minimum atomic E-state index is 0.881. The van der Waals surface area contributed by atoms with Crippen LogP contribution in [0, 0.1) is 0 Å². The number of hydrogen-bond donors (Lipinski definition) is 0. The third-order valence-corrected chi connectivity index (χ3v) is 3.65. The van der Waals surface area contributed by atoms with Gasteiger partial charge in [-0.1, -0.05) is 12.1 Å². The first-order valence-corrected chi connectivity index (χ1v) is 6.23. The van der Waals surface area contributed by atoms with Crippen molar-refractivity contribution in [3.8, 4) is 16.9 Å². The van der Waals surface area contributed by atoms with E-state index in [0.29, 0.717) is 0 Å². The van der Waals surface area contributed by atoms with E-state index < -0.39 is 0 Å². The van der Waals surface area contributed by atoms with Gasteiger partial charge in [0.25, 0.3) is 0 Å². The molecule has 3 rings (SSSR count). The van der Waals surface area contributed by atoms with Gasteiger partial charge in [-0.3, -0.25) is 0 Å². The zero-order valence-corrected chi connectivity index (χ0v) is 10.2. The lowest BCUT2D eigenvalue weighted by Crippen LogP contribution is -1.82. The van der Waals surface area contributed by atoms with Crippen molar-refractivity contribution in [1.82, 2.24) is 4.98 Å². The molecule has 0 N–H and O–H groups in total. The zero-order valence-electron chi connectivity index (χ0n) is 9.38. The molecule has 0 saturated carbocycles. The molecule has 2 aromatic heterocycles. The van der Waals surface area contributed by atoms with Gasteiger partial charge in [0.05, 0.1) is 7.11 Å². The normalized spacial score (nSPS) is 10.6. The van der Waals surface area contributed by atoms with Crippen LogP contribution in [0.4, 0.5) is 0 Å². The Labute approximate surface area is 104 Å². The molecule has 1 aromatic carbocycles. The Morgan fingerprint density at radius 1 is 1.12 bits per heavy atom. The van der Waals surface area contributed by atoms with Crippen molar-refractivity contribution in [3.63, 3.8) is 0 Å². The summed E-state index contributed by atoms with van der Waals surface area (Å²) in [5, 5.41) is 3.36. The second-order valence-corrected chi connectivity index (χ2v) is 4.59. The zero-order chi connectivity index (χ0) is 11.7. The van der Waals surface area contributed by atoms with E-state index in [1.807, 2.05) is 24.4 Å². The summed E-state index contributed by atoms with van der Waals surface area (Å²) in [6.07, 6.45) is 1.83. The highest BCUT2D eigenvalue weighted by Crippen LogP contribution is 2.33. The van der Waals surface area contributed by atoms with Crippen molar-refractivity contribution in [3.05, 3.63) is 48.0 Å². The van der Waals surface area contributed by atoms with E-state index in [1.165, 1.54) is 16.5 Å². The Kier molecular flexibility index (Phi) is 2.53. The van der Waals surface area contributed by atoms with Gasteiger partial charge in [-0.15, -0.1) is 11.3 Å². The van der Waals surface area contributed by atoms with E-state index in [0.717, 1.165) is 10.6 Å². The van der Waals surface area contributed by atoms with Crippen molar-refractivity contribution < 1.29 is 4.74 Å². The molecule has 0 unspecified atom stereocenters. The maximum Gasteiger partial charge on any atom is 0.123 e.